The third-order valence-corrected chi connectivity index (χ3v) is 3.46. The molecule has 0 radical (unpaired) electrons. The van der Waals surface area contributed by atoms with Crippen molar-refractivity contribution in [3.8, 4) is 17.6 Å². The predicted octanol–water partition coefficient (Wildman–Crippen LogP) is -0.0335. The Hall–Kier alpha value is -1.58. The molecular formula is C16H21NO4. The highest BCUT2D eigenvalue weighted by Gasteiger charge is 2.29. The molecule has 1 fully saturated rings. The molecule has 5 nitrogen and oxygen atoms in total. The maximum atomic E-state index is 9.57. The van der Waals surface area contributed by atoms with Crippen LogP contribution in [0, 0.1) is 11.8 Å². The smallest absolute Gasteiger partial charge is 0.134 e. The van der Waals surface area contributed by atoms with Crippen molar-refractivity contribution >= 4 is 0 Å². The summed E-state index contributed by atoms with van der Waals surface area (Å²) < 4.78 is 5.28. The minimum atomic E-state index is -0.674. The molecule has 1 saturated heterocycles. The van der Waals surface area contributed by atoms with Gasteiger partial charge in [0, 0.05) is 26.1 Å². The van der Waals surface area contributed by atoms with Crippen molar-refractivity contribution < 1.29 is 20.1 Å². The zero-order chi connectivity index (χ0) is 15.2. The first-order valence-electron chi connectivity index (χ1n) is 6.99. The standard InChI is InChI=1S/C16H21NO4/c1-21-16-6-5-12(8-13(16)4-2-3-7-18)9-17-10-14(19)15(20)11-17/h5-6,8,14-15,18-20H,3,7,9-11H2,1H3. The largest absolute Gasteiger partial charge is 0.495 e. The van der Waals surface area contributed by atoms with Gasteiger partial charge in [-0.3, -0.25) is 4.90 Å². The topological polar surface area (TPSA) is 73.2 Å². The van der Waals surface area contributed by atoms with Crippen LogP contribution in [0.4, 0.5) is 0 Å². The Bertz CT molecular complexity index is 525. The van der Waals surface area contributed by atoms with E-state index in [1.807, 2.05) is 23.1 Å². The highest BCUT2D eigenvalue weighted by molar-refractivity contribution is 5.48. The summed E-state index contributed by atoms with van der Waals surface area (Å²) in [4.78, 5) is 2.00. The number of ether oxygens (including phenoxy) is 1. The molecule has 0 aromatic heterocycles. The SMILES string of the molecule is COc1ccc(CN2CC(O)C(O)C2)cc1C#CCCO. The van der Waals surface area contributed by atoms with Gasteiger partial charge in [-0.2, -0.15) is 0 Å². The molecule has 1 aromatic carbocycles. The Morgan fingerprint density at radius 1 is 1.29 bits per heavy atom. The summed E-state index contributed by atoms with van der Waals surface area (Å²) in [6, 6.07) is 5.76. The van der Waals surface area contributed by atoms with Crippen molar-refractivity contribution in [1.82, 2.24) is 4.90 Å². The Labute approximate surface area is 124 Å². The minimum absolute atomic E-state index is 0.0402. The van der Waals surface area contributed by atoms with E-state index in [1.165, 1.54) is 0 Å². The van der Waals surface area contributed by atoms with Gasteiger partial charge < -0.3 is 20.1 Å². The van der Waals surface area contributed by atoms with Crippen molar-refractivity contribution in [3.05, 3.63) is 29.3 Å². The van der Waals surface area contributed by atoms with Gasteiger partial charge in [0.25, 0.3) is 0 Å². The van der Waals surface area contributed by atoms with E-state index in [2.05, 4.69) is 11.8 Å². The second kappa shape index (κ2) is 7.43. The van der Waals surface area contributed by atoms with Crippen LogP contribution in [0.2, 0.25) is 0 Å². The average Bonchev–Trinajstić information content (AvgIpc) is 2.78. The molecule has 1 aliphatic rings. The molecule has 1 aliphatic heterocycles. The first-order valence-corrected chi connectivity index (χ1v) is 6.99. The van der Waals surface area contributed by atoms with E-state index in [1.54, 1.807) is 7.11 Å². The van der Waals surface area contributed by atoms with Gasteiger partial charge in [0.05, 0.1) is 31.5 Å². The molecule has 21 heavy (non-hydrogen) atoms. The number of methoxy groups -OCH3 is 1. The first-order chi connectivity index (χ1) is 10.1. The molecule has 0 aliphatic carbocycles. The second-order valence-corrected chi connectivity index (χ2v) is 5.14. The molecular weight excluding hydrogens is 270 g/mol. The summed E-state index contributed by atoms with van der Waals surface area (Å²) in [5.41, 5.74) is 1.83. The van der Waals surface area contributed by atoms with Crippen molar-refractivity contribution in [2.75, 3.05) is 26.8 Å². The van der Waals surface area contributed by atoms with Crippen LogP contribution in [-0.4, -0.2) is 59.2 Å². The fourth-order valence-corrected chi connectivity index (χ4v) is 2.40. The van der Waals surface area contributed by atoms with Crippen molar-refractivity contribution in [1.29, 1.82) is 0 Å². The highest BCUT2D eigenvalue weighted by Crippen LogP contribution is 2.21. The summed E-state index contributed by atoms with van der Waals surface area (Å²) in [5, 5.41) is 27.9. The molecule has 2 atom stereocenters. The molecule has 0 saturated carbocycles. The molecule has 0 bridgehead atoms. The van der Waals surface area contributed by atoms with Gasteiger partial charge in [-0.15, -0.1) is 0 Å². The lowest BCUT2D eigenvalue weighted by Gasteiger charge is -2.15. The number of hydrogen-bond donors (Lipinski definition) is 3. The van der Waals surface area contributed by atoms with E-state index in [9.17, 15) is 10.2 Å². The summed E-state index contributed by atoms with van der Waals surface area (Å²) in [5.74, 6) is 6.58. The van der Waals surface area contributed by atoms with E-state index >= 15 is 0 Å². The van der Waals surface area contributed by atoms with Crippen molar-refractivity contribution in [2.45, 2.75) is 25.2 Å². The molecule has 1 heterocycles. The van der Waals surface area contributed by atoms with Gasteiger partial charge in [0.15, 0.2) is 0 Å². The van der Waals surface area contributed by atoms with E-state index < -0.39 is 12.2 Å². The molecule has 114 valence electrons. The molecule has 3 N–H and O–H groups in total. The van der Waals surface area contributed by atoms with Gasteiger partial charge in [-0.05, 0) is 17.7 Å². The fraction of sp³-hybridized carbons (Fsp3) is 0.500. The molecule has 1 aromatic rings. The molecule has 0 spiro atoms. The summed E-state index contributed by atoms with van der Waals surface area (Å²) >= 11 is 0. The van der Waals surface area contributed by atoms with Crippen LogP contribution in [0.15, 0.2) is 18.2 Å². The van der Waals surface area contributed by atoms with Gasteiger partial charge in [-0.25, -0.2) is 0 Å². The number of likely N-dealkylation sites (tertiary alicyclic amines) is 1. The molecule has 2 rings (SSSR count). The summed E-state index contributed by atoms with van der Waals surface area (Å²) in [7, 11) is 1.60. The zero-order valence-corrected chi connectivity index (χ0v) is 12.1. The van der Waals surface area contributed by atoms with Crippen molar-refractivity contribution in [2.24, 2.45) is 0 Å². The minimum Gasteiger partial charge on any atom is -0.495 e. The molecule has 5 heteroatoms. The lowest BCUT2D eigenvalue weighted by molar-refractivity contribution is 0.0572. The van der Waals surface area contributed by atoms with E-state index in [-0.39, 0.29) is 6.61 Å². The van der Waals surface area contributed by atoms with Crippen LogP contribution in [0.5, 0.6) is 5.75 Å². The monoisotopic (exact) mass is 291 g/mol. The molecule has 0 amide bonds. The van der Waals surface area contributed by atoms with Crippen LogP contribution < -0.4 is 4.74 Å². The third kappa shape index (κ3) is 4.19. The number of rotatable bonds is 4. The fourth-order valence-electron chi connectivity index (χ4n) is 2.40. The van der Waals surface area contributed by atoms with Crippen molar-refractivity contribution in [3.63, 3.8) is 0 Å². The van der Waals surface area contributed by atoms with E-state index in [0.29, 0.717) is 31.8 Å². The Kier molecular flexibility index (Phi) is 5.59. The van der Waals surface area contributed by atoms with Gasteiger partial charge in [0.2, 0.25) is 0 Å². The quantitative estimate of drug-likeness (QED) is 0.679. The van der Waals surface area contributed by atoms with Gasteiger partial charge >= 0.3 is 0 Å². The Morgan fingerprint density at radius 2 is 2.00 bits per heavy atom. The predicted molar refractivity (Wildman–Crippen MR) is 78.9 cm³/mol. The number of aliphatic hydroxyl groups excluding tert-OH is 3. The van der Waals surface area contributed by atoms with Gasteiger partial charge in [-0.1, -0.05) is 17.9 Å². The average molecular weight is 291 g/mol. The van der Waals surface area contributed by atoms with Crippen LogP contribution in [0.3, 0.4) is 0 Å². The maximum Gasteiger partial charge on any atom is 0.134 e. The molecule has 2 unspecified atom stereocenters. The zero-order valence-electron chi connectivity index (χ0n) is 12.1. The lowest BCUT2D eigenvalue weighted by atomic mass is 10.1. The summed E-state index contributed by atoms with van der Waals surface area (Å²) in [6.45, 7) is 1.63. The van der Waals surface area contributed by atoms with Gasteiger partial charge in [0.1, 0.15) is 5.75 Å². The van der Waals surface area contributed by atoms with Crippen LogP contribution in [0.1, 0.15) is 17.5 Å². The van der Waals surface area contributed by atoms with Crippen LogP contribution >= 0.6 is 0 Å². The number of β-amino-alcohol motifs (C(OH)–C–C–N with tert-alkyl or cyclic N) is 2. The third-order valence-electron chi connectivity index (χ3n) is 3.46. The number of nitrogens with zero attached hydrogens (tertiary/aromatic N) is 1. The van der Waals surface area contributed by atoms with Crippen LogP contribution in [0.25, 0.3) is 0 Å². The Balaban J connectivity index is 2.11. The Morgan fingerprint density at radius 3 is 2.62 bits per heavy atom. The first kappa shape index (κ1) is 15.8. The summed E-state index contributed by atoms with van der Waals surface area (Å²) in [6.07, 6.45) is -0.920. The van der Waals surface area contributed by atoms with Crippen LogP contribution in [-0.2, 0) is 6.54 Å². The van der Waals surface area contributed by atoms with E-state index in [0.717, 1.165) is 11.1 Å². The number of hydrogen-bond acceptors (Lipinski definition) is 5. The second-order valence-electron chi connectivity index (χ2n) is 5.14. The number of benzene rings is 1. The van der Waals surface area contributed by atoms with E-state index in [4.69, 9.17) is 9.84 Å². The maximum absolute atomic E-state index is 9.57. The number of aliphatic hydroxyl groups is 3. The highest BCUT2D eigenvalue weighted by atomic mass is 16.5. The lowest BCUT2D eigenvalue weighted by Crippen LogP contribution is -2.22. The normalized spacial score (nSPS) is 21.9.